The zero-order valence-corrected chi connectivity index (χ0v) is 12.2. The van der Waals surface area contributed by atoms with Crippen molar-refractivity contribution in [2.75, 3.05) is 6.54 Å². The van der Waals surface area contributed by atoms with E-state index >= 15 is 0 Å². The summed E-state index contributed by atoms with van der Waals surface area (Å²) in [6.07, 6.45) is 4.81. The van der Waals surface area contributed by atoms with Gasteiger partial charge in [-0.25, -0.2) is 4.39 Å². The molecule has 1 saturated carbocycles. The van der Waals surface area contributed by atoms with Crippen molar-refractivity contribution in [1.29, 1.82) is 0 Å². The number of hydrogen-bond acceptors (Lipinski definition) is 1. The molecule has 1 atom stereocenters. The topological polar surface area (TPSA) is 3.24 Å². The van der Waals surface area contributed by atoms with Crippen molar-refractivity contribution in [3.05, 3.63) is 35.1 Å². The highest BCUT2D eigenvalue weighted by Gasteiger charge is 2.35. The maximum absolute atomic E-state index is 14.2. The monoisotopic (exact) mass is 261 g/mol. The molecule has 1 aliphatic heterocycles. The second-order valence-electron chi connectivity index (χ2n) is 7.08. The molecule has 1 heterocycles. The third kappa shape index (κ3) is 2.55. The van der Waals surface area contributed by atoms with Crippen LogP contribution in [-0.2, 0) is 0 Å². The molecule has 0 bridgehead atoms. The highest BCUT2D eigenvalue weighted by Crippen LogP contribution is 2.43. The Morgan fingerprint density at radius 2 is 1.89 bits per heavy atom. The molecular weight excluding hydrogens is 237 g/mol. The fourth-order valence-electron chi connectivity index (χ4n) is 3.38. The summed E-state index contributed by atoms with van der Waals surface area (Å²) < 4.78 is 14.2. The van der Waals surface area contributed by atoms with Crippen LogP contribution in [-0.4, -0.2) is 17.0 Å². The average Bonchev–Trinajstić information content (AvgIpc) is 3.05. The Morgan fingerprint density at radius 3 is 2.53 bits per heavy atom. The number of rotatable bonds is 2. The summed E-state index contributed by atoms with van der Waals surface area (Å²) >= 11 is 0. The Morgan fingerprint density at radius 1 is 1.16 bits per heavy atom. The summed E-state index contributed by atoms with van der Waals surface area (Å²) in [5.74, 6) is 0.675. The Balaban J connectivity index is 1.94. The molecule has 1 aromatic carbocycles. The van der Waals surface area contributed by atoms with E-state index in [2.05, 4.69) is 31.7 Å². The van der Waals surface area contributed by atoms with Gasteiger partial charge in [0.05, 0.1) is 0 Å². The molecule has 3 rings (SSSR count). The number of nitrogens with zero attached hydrogens (tertiary/aromatic N) is 1. The summed E-state index contributed by atoms with van der Waals surface area (Å²) in [4.78, 5) is 2.46. The van der Waals surface area contributed by atoms with Crippen molar-refractivity contribution in [1.82, 2.24) is 4.90 Å². The predicted octanol–water partition coefficient (Wildman–Crippen LogP) is 4.64. The molecule has 0 amide bonds. The first-order valence-corrected chi connectivity index (χ1v) is 7.53. The number of likely N-dealkylation sites (tertiary alicyclic amines) is 1. The molecule has 2 fully saturated rings. The molecule has 1 aromatic rings. The van der Waals surface area contributed by atoms with Crippen LogP contribution in [0.15, 0.2) is 18.2 Å². The zero-order valence-electron chi connectivity index (χ0n) is 12.2. The van der Waals surface area contributed by atoms with Crippen LogP contribution in [0.2, 0.25) is 0 Å². The van der Waals surface area contributed by atoms with Gasteiger partial charge in [0.2, 0.25) is 0 Å². The Bertz CT molecular complexity index is 471. The number of benzene rings is 1. The third-order valence-corrected chi connectivity index (χ3v) is 4.54. The molecule has 0 radical (unpaired) electrons. The van der Waals surface area contributed by atoms with Crippen LogP contribution >= 0.6 is 0 Å². The first-order chi connectivity index (χ1) is 8.97. The van der Waals surface area contributed by atoms with E-state index in [0.29, 0.717) is 5.92 Å². The number of halogens is 1. The average molecular weight is 261 g/mol. The summed E-state index contributed by atoms with van der Waals surface area (Å²) in [6, 6.07) is 6.07. The van der Waals surface area contributed by atoms with Gasteiger partial charge < -0.3 is 0 Å². The summed E-state index contributed by atoms with van der Waals surface area (Å²) in [6.45, 7) is 7.77. The maximum Gasteiger partial charge on any atom is 0.128 e. The second kappa shape index (κ2) is 4.59. The number of hydrogen-bond donors (Lipinski definition) is 0. The lowest BCUT2D eigenvalue weighted by Crippen LogP contribution is -2.40. The molecule has 0 N–H and O–H groups in total. The van der Waals surface area contributed by atoms with Crippen molar-refractivity contribution < 1.29 is 4.39 Å². The van der Waals surface area contributed by atoms with Crippen LogP contribution in [0.25, 0.3) is 0 Å². The second-order valence-corrected chi connectivity index (χ2v) is 7.08. The Kier molecular flexibility index (Phi) is 3.17. The summed E-state index contributed by atoms with van der Waals surface area (Å²) in [5.41, 5.74) is 2.39. The van der Waals surface area contributed by atoms with Gasteiger partial charge in [0.15, 0.2) is 0 Å². The van der Waals surface area contributed by atoms with E-state index in [4.69, 9.17) is 0 Å². The molecular formula is C17H24FN. The molecule has 1 aliphatic carbocycles. The highest BCUT2D eigenvalue weighted by atomic mass is 19.1. The van der Waals surface area contributed by atoms with Crippen LogP contribution < -0.4 is 0 Å². The lowest BCUT2D eigenvalue weighted by molar-refractivity contribution is 0.119. The van der Waals surface area contributed by atoms with Crippen molar-refractivity contribution in [2.45, 2.75) is 64.0 Å². The van der Waals surface area contributed by atoms with E-state index in [1.165, 1.54) is 24.8 Å². The molecule has 1 nitrogen and oxygen atoms in total. The molecule has 1 saturated heterocycles. The molecule has 104 valence electrons. The van der Waals surface area contributed by atoms with Crippen LogP contribution in [0.4, 0.5) is 4.39 Å². The SMILES string of the molecule is CC(C)(C)N1CCCC1c1cc(C2CC2)ccc1F. The largest absolute Gasteiger partial charge is 0.291 e. The minimum absolute atomic E-state index is 0.0226. The molecule has 2 aliphatic rings. The van der Waals surface area contributed by atoms with E-state index in [9.17, 15) is 4.39 Å². The Labute approximate surface area is 115 Å². The van der Waals surface area contributed by atoms with Crippen LogP contribution in [0.1, 0.15) is 69.5 Å². The summed E-state index contributed by atoms with van der Waals surface area (Å²) in [7, 11) is 0. The molecule has 2 heteroatoms. The third-order valence-electron chi connectivity index (χ3n) is 4.54. The van der Waals surface area contributed by atoms with Gasteiger partial charge in [0.25, 0.3) is 0 Å². The van der Waals surface area contributed by atoms with Crippen LogP contribution in [0, 0.1) is 5.82 Å². The minimum atomic E-state index is -0.0226. The van der Waals surface area contributed by atoms with Crippen molar-refractivity contribution in [3.8, 4) is 0 Å². The van der Waals surface area contributed by atoms with Crippen molar-refractivity contribution in [2.24, 2.45) is 0 Å². The van der Waals surface area contributed by atoms with Crippen molar-refractivity contribution >= 4 is 0 Å². The van der Waals surface area contributed by atoms with Crippen molar-refractivity contribution in [3.63, 3.8) is 0 Å². The zero-order chi connectivity index (χ0) is 13.6. The van der Waals surface area contributed by atoms with Gasteiger partial charge in [-0.3, -0.25) is 4.90 Å². The smallest absolute Gasteiger partial charge is 0.128 e. The van der Waals surface area contributed by atoms with Gasteiger partial charge in [0.1, 0.15) is 5.82 Å². The molecule has 0 aromatic heterocycles. The van der Waals surface area contributed by atoms with E-state index in [1.807, 2.05) is 6.07 Å². The lowest BCUT2D eigenvalue weighted by Gasteiger charge is -2.37. The van der Waals surface area contributed by atoms with E-state index in [1.54, 1.807) is 6.07 Å². The molecule has 0 spiro atoms. The highest BCUT2D eigenvalue weighted by molar-refractivity contribution is 5.33. The maximum atomic E-state index is 14.2. The fourth-order valence-corrected chi connectivity index (χ4v) is 3.38. The van der Waals surface area contributed by atoms with Gasteiger partial charge in [-0.05, 0) is 70.5 Å². The van der Waals surface area contributed by atoms with Gasteiger partial charge in [-0.1, -0.05) is 12.1 Å². The first-order valence-electron chi connectivity index (χ1n) is 7.53. The minimum Gasteiger partial charge on any atom is -0.291 e. The van der Waals surface area contributed by atoms with Crippen LogP contribution in [0.5, 0.6) is 0 Å². The quantitative estimate of drug-likeness (QED) is 0.749. The van der Waals surface area contributed by atoms with Gasteiger partial charge in [-0.2, -0.15) is 0 Å². The van der Waals surface area contributed by atoms with Gasteiger partial charge >= 0.3 is 0 Å². The standard InChI is InChI=1S/C17H24FN/c1-17(2,3)19-10-4-5-16(19)14-11-13(12-6-7-12)8-9-15(14)18/h8-9,11-12,16H,4-7,10H2,1-3H3. The Hall–Kier alpha value is -0.890. The fraction of sp³-hybridized carbons (Fsp3) is 0.647. The predicted molar refractivity (Wildman–Crippen MR) is 76.8 cm³/mol. The van der Waals surface area contributed by atoms with Gasteiger partial charge in [0, 0.05) is 17.1 Å². The summed E-state index contributed by atoms with van der Waals surface area (Å²) in [5, 5.41) is 0. The van der Waals surface area contributed by atoms with Gasteiger partial charge in [-0.15, -0.1) is 0 Å². The lowest BCUT2D eigenvalue weighted by atomic mass is 9.96. The molecule has 1 unspecified atom stereocenters. The van der Waals surface area contributed by atoms with E-state index in [-0.39, 0.29) is 17.4 Å². The van der Waals surface area contributed by atoms with E-state index < -0.39 is 0 Å². The molecule has 19 heavy (non-hydrogen) atoms. The van der Waals surface area contributed by atoms with Crippen LogP contribution in [0.3, 0.4) is 0 Å². The normalized spacial score (nSPS) is 24.9. The van der Waals surface area contributed by atoms with E-state index in [0.717, 1.165) is 18.5 Å². The first kappa shape index (κ1) is 13.1.